The Morgan fingerprint density at radius 3 is 2.92 bits per heavy atom. The van der Waals surface area contributed by atoms with Crippen LogP contribution in [0.25, 0.3) is 10.2 Å². The number of fused-ring (bicyclic) bond motifs is 1. The third kappa shape index (κ3) is 3.57. The maximum Gasteiger partial charge on any atom is 0.191 e. The quantitative estimate of drug-likeness (QED) is 0.476. The van der Waals surface area contributed by atoms with E-state index in [0.29, 0.717) is 6.04 Å². The van der Waals surface area contributed by atoms with Crippen LogP contribution in [0, 0.1) is 6.92 Å². The lowest BCUT2D eigenvalue weighted by Crippen LogP contribution is -2.12. The van der Waals surface area contributed by atoms with Crippen molar-refractivity contribution in [3.05, 3.63) is 23.1 Å². The van der Waals surface area contributed by atoms with E-state index in [9.17, 15) is 0 Å². The first kappa shape index (κ1) is 17.7. The van der Waals surface area contributed by atoms with Gasteiger partial charge in [0.15, 0.2) is 5.16 Å². The van der Waals surface area contributed by atoms with Crippen molar-refractivity contribution in [1.29, 1.82) is 0 Å². The summed E-state index contributed by atoms with van der Waals surface area (Å²) in [5.74, 6) is 2.06. The number of nitrogens with zero attached hydrogens (tertiary/aromatic N) is 5. The lowest BCUT2D eigenvalue weighted by atomic mass is 10.2. The Kier molecular flexibility index (Phi) is 5.40. The van der Waals surface area contributed by atoms with Crippen molar-refractivity contribution in [2.24, 2.45) is 0 Å². The molecule has 138 valence electrons. The van der Waals surface area contributed by atoms with Crippen molar-refractivity contribution >= 4 is 39.1 Å². The van der Waals surface area contributed by atoms with E-state index in [2.05, 4.69) is 49.3 Å². The summed E-state index contributed by atoms with van der Waals surface area (Å²) in [6.45, 7) is 2.97. The normalized spacial score (nSPS) is 15.2. The molecule has 1 fully saturated rings. The van der Waals surface area contributed by atoms with Gasteiger partial charge in [-0.1, -0.05) is 24.6 Å². The Morgan fingerprint density at radius 2 is 2.12 bits per heavy atom. The average molecular weight is 389 g/mol. The Labute approximate surface area is 161 Å². The van der Waals surface area contributed by atoms with Gasteiger partial charge in [-0.25, -0.2) is 9.97 Å². The molecule has 0 spiro atoms. The standard InChI is InChI=1S/C18H24N6S2/c1-12-10-14-16(20-11-21-17(14)26-12)19-9-5-8-15-22-23-18(25-2)24(15)13-6-3-4-7-13/h10-11,13H,3-9H2,1-2H3,(H,19,20,21). The lowest BCUT2D eigenvalue weighted by Gasteiger charge is -2.16. The van der Waals surface area contributed by atoms with E-state index in [0.717, 1.165) is 46.4 Å². The molecule has 0 bridgehead atoms. The highest BCUT2D eigenvalue weighted by Crippen LogP contribution is 2.33. The van der Waals surface area contributed by atoms with Crippen LogP contribution in [0.1, 0.15) is 48.8 Å². The molecule has 1 saturated carbocycles. The SMILES string of the molecule is CSc1nnc(CCCNc2ncnc3sc(C)cc23)n1C1CCCC1. The first-order valence-electron chi connectivity index (χ1n) is 9.19. The number of hydrogen-bond acceptors (Lipinski definition) is 7. The number of anilines is 1. The summed E-state index contributed by atoms with van der Waals surface area (Å²) in [7, 11) is 0. The zero-order chi connectivity index (χ0) is 17.9. The van der Waals surface area contributed by atoms with Crippen LogP contribution in [0.3, 0.4) is 0 Å². The Hall–Kier alpha value is -1.67. The van der Waals surface area contributed by atoms with Gasteiger partial charge in [-0.2, -0.15) is 0 Å². The summed E-state index contributed by atoms with van der Waals surface area (Å²) in [5.41, 5.74) is 0. The maximum atomic E-state index is 4.47. The monoisotopic (exact) mass is 388 g/mol. The van der Waals surface area contributed by atoms with Gasteiger partial charge >= 0.3 is 0 Å². The molecule has 0 atom stereocenters. The van der Waals surface area contributed by atoms with Crippen LogP contribution in [-0.2, 0) is 6.42 Å². The van der Waals surface area contributed by atoms with Gasteiger partial charge < -0.3 is 9.88 Å². The topological polar surface area (TPSA) is 68.5 Å². The summed E-state index contributed by atoms with van der Waals surface area (Å²) in [4.78, 5) is 11.1. The van der Waals surface area contributed by atoms with Crippen molar-refractivity contribution in [2.45, 2.75) is 56.6 Å². The smallest absolute Gasteiger partial charge is 0.191 e. The van der Waals surface area contributed by atoms with Crippen LogP contribution in [0.15, 0.2) is 17.6 Å². The first-order chi connectivity index (χ1) is 12.8. The minimum atomic E-state index is 0.589. The molecule has 4 rings (SSSR count). The van der Waals surface area contributed by atoms with E-state index < -0.39 is 0 Å². The number of hydrogen-bond donors (Lipinski definition) is 1. The van der Waals surface area contributed by atoms with Crippen molar-refractivity contribution in [1.82, 2.24) is 24.7 Å². The molecule has 3 aromatic heterocycles. The van der Waals surface area contributed by atoms with Crippen molar-refractivity contribution in [3.63, 3.8) is 0 Å². The molecule has 0 aliphatic heterocycles. The minimum absolute atomic E-state index is 0.589. The molecule has 0 saturated heterocycles. The third-order valence-corrected chi connectivity index (χ3v) is 6.53. The minimum Gasteiger partial charge on any atom is -0.369 e. The van der Waals surface area contributed by atoms with Gasteiger partial charge in [0.05, 0.1) is 5.39 Å². The van der Waals surface area contributed by atoms with Crippen molar-refractivity contribution in [2.75, 3.05) is 18.1 Å². The predicted molar refractivity (Wildman–Crippen MR) is 108 cm³/mol. The molecule has 26 heavy (non-hydrogen) atoms. The highest BCUT2D eigenvalue weighted by molar-refractivity contribution is 7.98. The molecule has 0 amide bonds. The zero-order valence-corrected chi connectivity index (χ0v) is 16.9. The Balaban J connectivity index is 1.40. The van der Waals surface area contributed by atoms with Gasteiger partial charge in [0.25, 0.3) is 0 Å². The largest absolute Gasteiger partial charge is 0.369 e. The van der Waals surface area contributed by atoms with Gasteiger partial charge in [0.1, 0.15) is 22.8 Å². The van der Waals surface area contributed by atoms with E-state index >= 15 is 0 Å². The number of rotatable bonds is 7. The number of thioether (sulfide) groups is 1. The van der Waals surface area contributed by atoms with E-state index in [-0.39, 0.29) is 0 Å². The van der Waals surface area contributed by atoms with Gasteiger partial charge in [-0.15, -0.1) is 21.5 Å². The van der Waals surface area contributed by atoms with Crippen molar-refractivity contribution in [3.8, 4) is 0 Å². The molecule has 0 radical (unpaired) electrons. The molecule has 1 aliphatic rings. The Morgan fingerprint density at radius 1 is 1.27 bits per heavy atom. The lowest BCUT2D eigenvalue weighted by molar-refractivity contribution is 0.461. The Bertz CT molecular complexity index is 881. The second kappa shape index (κ2) is 7.92. The van der Waals surface area contributed by atoms with Crippen LogP contribution in [0.2, 0.25) is 0 Å². The summed E-state index contributed by atoms with van der Waals surface area (Å²) in [6, 6.07) is 2.75. The van der Waals surface area contributed by atoms with Gasteiger partial charge in [-0.05, 0) is 38.5 Å². The van der Waals surface area contributed by atoms with Crippen LogP contribution in [-0.4, -0.2) is 37.5 Å². The molecule has 0 aromatic carbocycles. The molecule has 1 N–H and O–H groups in total. The van der Waals surface area contributed by atoms with Crippen LogP contribution in [0.4, 0.5) is 5.82 Å². The van der Waals surface area contributed by atoms with Gasteiger partial charge in [0.2, 0.25) is 0 Å². The fourth-order valence-corrected chi connectivity index (χ4v) is 5.14. The van der Waals surface area contributed by atoms with Crippen LogP contribution < -0.4 is 5.32 Å². The van der Waals surface area contributed by atoms with Crippen molar-refractivity contribution < 1.29 is 0 Å². The number of aryl methyl sites for hydroxylation is 2. The first-order valence-corrected chi connectivity index (χ1v) is 11.2. The average Bonchev–Trinajstić information content (AvgIpc) is 3.36. The summed E-state index contributed by atoms with van der Waals surface area (Å²) in [5, 5.41) is 14.5. The van der Waals surface area contributed by atoms with Gasteiger partial charge in [0, 0.05) is 23.9 Å². The van der Waals surface area contributed by atoms with Crippen LogP contribution >= 0.6 is 23.1 Å². The second-order valence-electron chi connectivity index (χ2n) is 6.74. The number of nitrogens with one attached hydrogen (secondary N) is 1. The molecular formula is C18H24N6S2. The molecular weight excluding hydrogens is 364 g/mol. The summed E-state index contributed by atoms with van der Waals surface area (Å²) < 4.78 is 2.39. The number of thiophene rings is 1. The third-order valence-electron chi connectivity index (χ3n) is 4.93. The van der Waals surface area contributed by atoms with E-state index in [1.807, 2.05) is 0 Å². The van der Waals surface area contributed by atoms with Crippen LogP contribution in [0.5, 0.6) is 0 Å². The maximum absolute atomic E-state index is 4.47. The van der Waals surface area contributed by atoms with E-state index in [1.54, 1.807) is 29.4 Å². The molecule has 1 aliphatic carbocycles. The van der Waals surface area contributed by atoms with Gasteiger partial charge in [-0.3, -0.25) is 0 Å². The predicted octanol–water partition coefficient (Wildman–Crippen LogP) is 4.47. The van der Waals surface area contributed by atoms with E-state index in [1.165, 1.54) is 30.6 Å². The molecule has 0 unspecified atom stereocenters. The molecule has 8 heteroatoms. The molecule has 3 heterocycles. The van der Waals surface area contributed by atoms with E-state index in [4.69, 9.17) is 0 Å². The highest BCUT2D eigenvalue weighted by atomic mass is 32.2. The zero-order valence-electron chi connectivity index (χ0n) is 15.2. The second-order valence-corrected chi connectivity index (χ2v) is 8.75. The fraction of sp³-hybridized carbons (Fsp3) is 0.556. The fourth-order valence-electron chi connectivity index (χ4n) is 3.72. The molecule has 6 nitrogen and oxygen atoms in total. The molecule has 3 aromatic rings. The summed E-state index contributed by atoms with van der Waals surface area (Å²) >= 11 is 3.41. The number of aromatic nitrogens is 5. The highest BCUT2D eigenvalue weighted by Gasteiger charge is 2.23. The summed E-state index contributed by atoms with van der Waals surface area (Å²) in [6.07, 6.45) is 10.8.